The fourth-order valence-corrected chi connectivity index (χ4v) is 6.83. The van der Waals surface area contributed by atoms with Crippen molar-refractivity contribution < 1.29 is 13.3 Å². The molecule has 206 valence electrons. The Kier molecular flexibility index (Phi) is 4.69. The van der Waals surface area contributed by atoms with E-state index in [0.29, 0.717) is 0 Å². The zero-order chi connectivity index (χ0) is 28.8. The molecule has 0 atom stereocenters. The third kappa shape index (κ3) is 3.33. The number of benzene rings is 7. The molecule has 44 heavy (non-hydrogen) atoms. The lowest BCUT2D eigenvalue weighted by molar-refractivity contribution is 0.668. The summed E-state index contributed by atoms with van der Waals surface area (Å²) >= 11 is 0. The van der Waals surface area contributed by atoms with Crippen molar-refractivity contribution in [3.63, 3.8) is 0 Å². The molecular formula is C40H23NO3. The van der Waals surface area contributed by atoms with Crippen molar-refractivity contribution in [2.45, 2.75) is 0 Å². The van der Waals surface area contributed by atoms with Gasteiger partial charge in [0.15, 0.2) is 0 Å². The lowest BCUT2D eigenvalue weighted by Crippen LogP contribution is -2.09. The fourth-order valence-electron chi connectivity index (χ4n) is 6.83. The van der Waals surface area contributed by atoms with Gasteiger partial charge in [-0.15, -0.1) is 0 Å². The largest absolute Gasteiger partial charge is 0.456 e. The third-order valence-corrected chi connectivity index (χ3v) is 8.84. The van der Waals surface area contributed by atoms with Crippen LogP contribution in [0.15, 0.2) is 153 Å². The standard InChI is InChI=1S/C40H23NO3/c1-2-8-28-24(7-1)13-18-38-40(28)33-22-26(16-20-37(33)43-38)41(25-15-19-36-32(21-25)30-10-4-6-12-35(30)42-36)27-14-17-31-29-9-3-5-11-34(29)44-39(31)23-27/h1-23H. The Morgan fingerprint density at radius 2 is 0.818 bits per heavy atom. The molecule has 3 heterocycles. The molecule has 10 rings (SSSR count). The predicted molar refractivity (Wildman–Crippen MR) is 180 cm³/mol. The third-order valence-electron chi connectivity index (χ3n) is 8.84. The summed E-state index contributed by atoms with van der Waals surface area (Å²) in [6.45, 7) is 0. The molecule has 0 N–H and O–H groups in total. The fraction of sp³-hybridized carbons (Fsp3) is 0. The van der Waals surface area contributed by atoms with Crippen LogP contribution < -0.4 is 4.90 Å². The number of fused-ring (bicyclic) bond motifs is 11. The maximum atomic E-state index is 6.35. The van der Waals surface area contributed by atoms with E-state index in [0.717, 1.165) is 82.9 Å². The van der Waals surface area contributed by atoms with Crippen LogP contribution in [0.25, 0.3) is 76.6 Å². The summed E-state index contributed by atoms with van der Waals surface area (Å²) in [5.41, 5.74) is 8.29. The van der Waals surface area contributed by atoms with Gasteiger partial charge in [0.25, 0.3) is 0 Å². The normalized spacial score (nSPS) is 12.1. The lowest BCUT2D eigenvalue weighted by atomic mass is 10.0. The summed E-state index contributed by atoms with van der Waals surface area (Å²) in [5.74, 6) is 0. The van der Waals surface area contributed by atoms with Crippen molar-refractivity contribution in [3.05, 3.63) is 140 Å². The molecule has 0 unspecified atom stereocenters. The molecule has 0 aliphatic carbocycles. The first-order chi connectivity index (χ1) is 21.8. The molecule has 0 aliphatic rings. The molecule has 10 aromatic rings. The molecule has 0 bridgehead atoms. The molecular weight excluding hydrogens is 542 g/mol. The average Bonchev–Trinajstić information content (AvgIpc) is 3.75. The van der Waals surface area contributed by atoms with Gasteiger partial charge in [-0.2, -0.15) is 0 Å². The van der Waals surface area contributed by atoms with E-state index in [1.165, 1.54) is 10.8 Å². The van der Waals surface area contributed by atoms with E-state index in [1.54, 1.807) is 0 Å². The Balaban J connectivity index is 1.25. The highest BCUT2D eigenvalue weighted by Crippen LogP contribution is 2.43. The van der Waals surface area contributed by atoms with E-state index >= 15 is 0 Å². The van der Waals surface area contributed by atoms with Crippen molar-refractivity contribution in [2.24, 2.45) is 0 Å². The highest BCUT2D eigenvalue weighted by atomic mass is 16.3. The topological polar surface area (TPSA) is 42.7 Å². The highest BCUT2D eigenvalue weighted by molar-refractivity contribution is 6.19. The molecule has 3 aromatic heterocycles. The number of hydrogen-bond acceptors (Lipinski definition) is 4. The van der Waals surface area contributed by atoms with Crippen LogP contribution in [0, 0.1) is 0 Å². The van der Waals surface area contributed by atoms with Crippen LogP contribution in [0.3, 0.4) is 0 Å². The first kappa shape index (κ1) is 23.6. The van der Waals surface area contributed by atoms with Gasteiger partial charge in [0.05, 0.1) is 0 Å². The molecule has 0 saturated carbocycles. The first-order valence-corrected chi connectivity index (χ1v) is 14.8. The summed E-state index contributed by atoms with van der Waals surface area (Å²) in [7, 11) is 0. The number of nitrogens with zero attached hydrogens (tertiary/aromatic N) is 1. The van der Waals surface area contributed by atoms with E-state index in [4.69, 9.17) is 13.3 Å². The Labute approximate surface area is 250 Å². The summed E-state index contributed by atoms with van der Waals surface area (Å²) < 4.78 is 18.9. The van der Waals surface area contributed by atoms with Crippen LogP contribution in [0.1, 0.15) is 0 Å². The van der Waals surface area contributed by atoms with Crippen molar-refractivity contribution >= 4 is 93.7 Å². The summed E-state index contributed by atoms with van der Waals surface area (Å²) in [6, 6.07) is 48.4. The number of para-hydroxylation sites is 2. The van der Waals surface area contributed by atoms with Gasteiger partial charge in [-0.25, -0.2) is 0 Å². The lowest BCUT2D eigenvalue weighted by Gasteiger charge is -2.25. The minimum Gasteiger partial charge on any atom is -0.456 e. The number of rotatable bonds is 3. The van der Waals surface area contributed by atoms with E-state index in [-0.39, 0.29) is 0 Å². The summed E-state index contributed by atoms with van der Waals surface area (Å²) in [5, 5.41) is 8.98. The van der Waals surface area contributed by atoms with Crippen LogP contribution in [-0.4, -0.2) is 0 Å². The van der Waals surface area contributed by atoms with Gasteiger partial charge >= 0.3 is 0 Å². The Bertz CT molecular complexity index is 2740. The van der Waals surface area contributed by atoms with Gasteiger partial charge in [-0.3, -0.25) is 0 Å². The monoisotopic (exact) mass is 565 g/mol. The van der Waals surface area contributed by atoms with Gasteiger partial charge in [0, 0.05) is 55.4 Å². The number of anilines is 3. The molecule has 7 aromatic carbocycles. The molecule has 4 nitrogen and oxygen atoms in total. The zero-order valence-corrected chi connectivity index (χ0v) is 23.5. The Morgan fingerprint density at radius 1 is 0.318 bits per heavy atom. The number of hydrogen-bond donors (Lipinski definition) is 0. The van der Waals surface area contributed by atoms with Gasteiger partial charge in [-0.1, -0.05) is 66.7 Å². The Morgan fingerprint density at radius 3 is 1.61 bits per heavy atom. The van der Waals surface area contributed by atoms with Crippen molar-refractivity contribution in [1.29, 1.82) is 0 Å². The van der Waals surface area contributed by atoms with Crippen molar-refractivity contribution in [3.8, 4) is 0 Å². The van der Waals surface area contributed by atoms with Crippen LogP contribution in [-0.2, 0) is 0 Å². The van der Waals surface area contributed by atoms with E-state index in [1.807, 2.05) is 24.3 Å². The molecule has 0 radical (unpaired) electrons. The van der Waals surface area contributed by atoms with Gasteiger partial charge in [0.1, 0.15) is 33.5 Å². The maximum Gasteiger partial charge on any atom is 0.137 e. The second-order valence-electron chi connectivity index (χ2n) is 11.3. The van der Waals surface area contributed by atoms with Gasteiger partial charge < -0.3 is 18.2 Å². The molecule has 4 heteroatoms. The van der Waals surface area contributed by atoms with Crippen LogP contribution in [0.5, 0.6) is 0 Å². The quantitative estimate of drug-likeness (QED) is 0.214. The average molecular weight is 566 g/mol. The second kappa shape index (κ2) is 8.76. The molecule has 0 spiro atoms. The smallest absolute Gasteiger partial charge is 0.137 e. The minimum atomic E-state index is 0.851. The van der Waals surface area contributed by atoms with E-state index < -0.39 is 0 Å². The highest BCUT2D eigenvalue weighted by Gasteiger charge is 2.19. The summed E-state index contributed by atoms with van der Waals surface area (Å²) in [4.78, 5) is 2.29. The number of furan rings is 3. The maximum absolute atomic E-state index is 6.35. The van der Waals surface area contributed by atoms with Crippen molar-refractivity contribution in [2.75, 3.05) is 4.90 Å². The second-order valence-corrected chi connectivity index (χ2v) is 11.3. The molecule has 0 amide bonds. The van der Waals surface area contributed by atoms with Crippen LogP contribution in [0.2, 0.25) is 0 Å². The Hall–Kier alpha value is -6.00. The van der Waals surface area contributed by atoms with Crippen LogP contribution >= 0.6 is 0 Å². The van der Waals surface area contributed by atoms with Crippen LogP contribution in [0.4, 0.5) is 17.1 Å². The predicted octanol–water partition coefficient (Wildman–Crippen LogP) is 12.0. The van der Waals surface area contributed by atoms with Crippen molar-refractivity contribution in [1.82, 2.24) is 0 Å². The minimum absolute atomic E-state index is 0.851. The van der Waals surface area contributed by atoms with E-state index in [9.17, 15) is 0 Å². The molecule has 0 aliphatic heterocycles. The van der Waals surface area contributed by atoms with Gasteiger partial charge in [0.2, 0.25) is 0 Å². The molecule has 0 fully saturated rings. The zero-order valence-electron chi connectivity index (χ0n) is 23.5. The van der Waals surface area contributed by atoms with E-state index in [2.05, 4.69) is 120 Å². The van der Waals surface area contributed by atoms with Gasteiger partial charge in [-0.05, 0) is 77.5 Å². The summed E-state index contributed by atoms with van der Waals surface area (Å²) in [6.07, 6.45) is 0. The molecule has 0 saturated heterocycles. The SMILES string of the molecule is c1ccc2c(c1)ccc1oc3ccc(N(c4ccc5c(c4)oc4ccccc45)c4ccc5oc6ccccc6c5c4)cc3c12. The first-order valence-electron chi connectivity index (χ1n) is 14.8.